The molecular weight excluding hydrogens is 183 g/mol. The van der Waals surface area contributed by atoms with Gasteiger partial charge in [-0.15, -0.1) is 5.10 Å². The Bertz CT molecular complexity index is 464. The van der Waals surface area contributed by atoms with Crippen LogP contribution in [0.25, 0.3) is 5.69 Å². The molecule has 0 saturated carbocycles. The van der Waals surface area contributed by atoms with Crippen molar-refractivity contribution < 1.29 is 4.39 Å². The van der Waals surface area contributed by atoms with E-state index in [-0.39, 0.29) is 11.8 Å². The molecule has 1 aromatic carbocycles. The first-order valence-electron chi connectivity index (χ1n) is 4.12. The number of aryl methyl sites for hydroxylation is 1. The lowest BCUT2D eigenvalue weighted by molar-refractivity contribution is 0.625. The van der Waals surface area contributed by atoms with Gasteiger partial charge in [0.25, 0.3) is 0 Å². The van der Waals surface area contributed by atoms with Crippen LogP contribution in [0.3, 0.4) is 0 Å². The molecule has 0 radical (unpaired) electrons. The number of nitrogens with zero attached hydrogens (tertiary/aromatic N) is 3. The molecule has 0 bridgehead atoms. The van der Waals surface area contributed by atoms with Crippen LogP contribution in [0.4, 0.5) is 10.3 Å². The number of rotatable bonds is 1. The van der Waals surface area contributed by atoms with E-state index in [9.17, 15) is 4.39 Å². The number of aromatic nitrogens is 3. The molecule has 1 aromatic heterocycles. The highest BCUT2D eigenvalue weighted by Crippen LogP contribution is 2.11. The zero-order chi connectivity index (χ0) is 10.1. The smallest absolute Gasteiger partial charge is 0.240 e. The Hall–Kier alpha value is -1.91. The standard InChI is InChI=1S/C9H9FN4/c1-6-12-9(11)13-14(6)8-4-2-3-7(10)5-8/h2-5H,1H3,(H2,11,13). The number of hydrogen-bond donors (Lipinski definition) is 1. The van der Waals surface area contributed by atoms with Gasteiger partial charge in [0.05, 0.1) is 5.69 Å². The van der Waals surface area contributed by atoms with Gasteiger partial charge >= 0.3 is 0 Å². The monoisotopic (exact) mass is 192 g/mol. The molecule has 0 spiro atoms. The van der Waals surface area contributed by atoms with Crippen LogP contribution < -0.4 is 5.73 Å². The Morgan fingerprint density at radius 1 is 1.43 bits per heavy atom. The molecule has 0 aliphatic carbocycles. The van der Waals surface area contributed by atoms with Crippen molar-refractivity contribution in [2.24, 2.45) is 0 Å². The third-order valence-electron chi connectivity index (χ3n) is 1.84. The molecule has 0 unspecified atom stereocenters. The Balaban J connectivity index is 2.54. The van der Waals surface area contributed by atoms with Crippen molar-refractivity contribution in [1.29, 1.82) is 0 Å². The zero-order valence-corrected chi connectivity index (χ0v) is 7.61. The first-order chi connectivity index (χ1) is 6.66. The van der Waals surface area contributed by atoms with Crippen LogP contribution in [-0.4, -0.2) is 14.8 Å². The van der Waals surface area contributed by atoms with E-state index in [0.29, 0.717) is 11.5 Å². The van der Waals surface area contributed by atoms with E-state index in [1.54, 1.807) is 19.1 Å². The van der Waals surface area contributed by atoms with Crippen LogP contribution in [0, 0.1) is 12.7 Å². The highest BCUT2D eigenvalue weighted by atomic mass is 19.1. The minimum Gasteiger partial charge on any atom is -0.366 e. The van der Waals surface area contributed by atoms with Crippen LogP contribution >= 0.6 is 0 Å². The van der Waals surface area contributed by atoms with E-state index in [4.69, 9.17) is 5.73 Å². The molecule has 0 aliphatic heterocycles. The van der Waals surface area contributed by atoms with Gasteiger partial charge in [-0.25, -0.2) is 9.07 Å². The summed E-state index contributed by atoms with van der Waals surface area (Å²) >= 11 is 0. The maximum atomic E-state index is 12.9. The molecule has 2 N–H and O–H groups in total. The molecule has 5 heteroatoms. The number of benzene rings is 1. The normalized spacial score (nSPS) is 10.4. The van der Waals surface area contributed by atoms with Crippen LogP contribution in [0.15, 0.2) is 24.3 Å². The second-order valence-electron chi connectivity index (χ2n) is 2.91. The fourth-order valence-corrected chi connectivity index (χ4v) is 1.26. The second-order valence-corrected chi connectivity index (χ2v) is 2.91. The third kappa shape index (κ3) is 1.44. The lowest BCUT2D eigenvalue weighted by Gasteiger charge is -2.01. The number of anilines is 1. The summed E-state index contributed by atoms with van der Waals surface area (Å²) in [6.07, 6.45) is 0. The van der Waals surface area contributed by atoms with Gasteiger partial charge in [-0.2, -0.15) is 4.98 Å². The minimum atomic E-state index is -0.309. The van der Waals surface area contributed by atoms with Gasteiger partial charge in [0, 0.05) is 0 Å². The third-order valence-corrected chi connectivity index (χ3v) is 1.84. The lowest BCUT2D eigenvalue weighted by Crippen LogP contribution is -1.99. The number of hydrogen-bond acceptors (Lipinski definition) is 3. The fourth-order valence-electron chi connectivity index (χ4n) is 1.26. The quantitative estimate of drug-likeness (QED) is 0.740. The summed E-state index contributed by atoms with van der Waals surface area (Å²) in [6.45, 7) is 1.76. The Kier molecular flexibility index (Phi) is 1.92. The Morgan fingerprint density at radius 2 is 2.21 bits per heavy atom. The van der Waals surface area contributed by atoms with Crippen molar-refractivity contribution in [3.8, 4) is 5.69 Å². The molecule has 72 valence electrons. The summed E-state index contributed by atoms with van der Waals surface area (Å²) in [5, 5.41) is 3.94. The summed E-state index contributed by atoms with van der Waals surface area (Å²) in [7, 11) is 0. The maximum absolute atomic E-state index is 12.9. The summed E-state index contributed by atoms with van der Waals surface area (Å²) in [5.41, 5.74) is 6.04. The number of nitrogens with two attached hydrogens (primary N) is 1. The van der Waals surface area contributed by atoms with E-state index in [1.165, 1.54) is 16.8 Å². The van der Waals surface area contributed by atoms with E-state index in [1.807, 2.05) is 0 Å². The molecule has 2 aromatic rings. The highest BCUT2D eigenvalue weighted by Gasteiger charge is 2.05. The van der Waals surface area contributed by atoms with Crippen molar-refractivity contribution in [3.63, 3.8) is 0 Å². The van der Waals surface area contributed by atoms with Crippen molar-refractivity contribution in [2.75, 3.05) is 5.73 Å². The van der Waals surface area contributed by atoms with Gasteiger partial charge in [0.2, 0.25) is 5.95 Å². The van der Waals surface area contributed by atoms with Crippen molar-refractivity contribution in [2.45, 2.75) is 6.92 Å². The Morgan fingerprint density at radius 3 is 2.79 bits per heavy atom. The average Bonchev–Trinajstić information content (AvgIpc) is 2.45. The predicted octanol–water partition coefficient (Wildman–Crippen LogP) is 1.30. The van der Waals surface area contributed by atoms with Crippen molar-refractivity contribution in [3.05, 3.63) is 35.9 Å². The summed E-state index contributed by atoms with van der Waals surface area (Å²) in [6, 6.07) is 6.10. The SMILES string of the molecule is Cc1nc(N)nn1-c1cccc(F)c1. The van der Waals surface area contributed by atoms with E-state index < -0.39 is 0 Å². The molecule has 0 atom stereocenters. The number of halogens is 1. The Labute approximate surface area is 80.2 Å². The van der Waals surface area contributed by atoms with Gasteiger partial charge < -0.3 is 5.73 Å². The summed E-state index contributed by atoms with van der Waals surface area (Å²) in [5.74, 6) is 0.510. The van der Waals surface area contributed by atoms with E-state index >= 15 is 0 Å². The van der Waals surface area contributed by atoms with Gasteiger partial charge in [-0.1, -0.05) is 6.07 Å². The molecule has 0 fully saturated rings. The molecule has 0 saturated heterocycles. The number of nitrogen functional groups attached to an aromatic ring is 1. The molecule has 2 rings (SSSR count). The molecular formula is C9H9FN4. The summed E-state index contributed by atoms with van der Waals surface area (Å²) in [4.78, 5) is 3.92. The van der Waals surface area contributed by atoms with Gasteiger partial charge in [-0.3, -0.25) is 0 Å². The average molecular weight is 192 g/mol. The molecule has 0 aliphatic rings. The largest absolute Gasteiger partial charge is 0.366 e. The zero-order valence-electron chi connectivity index (χ0n) is 7.61. The molecule has 14 heavy (non-hydrogen) atoms. The topological polar surface area (TPSA) is 56.7 Å². The summed E-state index contributed by atoms with van der Waals surface area (Å²) < 4.78 is 14.4. The molecule has 0 amide bonds. The lowest BCUT2D eigenvalue weighted by atomic mass is 10.3. The fraction of sp³-hybridized carbons (Fsp3) is 0.111. The maximum Gasteiger partial charge on any atom is 0.240 e. The van der Waals surface area contributed by atoms with Gasteiger partial charge in [-0.05, 0) is 25.1 Å². The van der Waals surface area contributed by atoms with Crippen LogP contribution in [-0.2, 0) is 0 Å². The van der Waals surface area contributed by atoms with E-state index in [0.717, 1.165) is 0 Å². The predicted molar refractivity (Wildman–Crippen MR) is 50.5 cm³/mol. The minimum absolute atomic E-state index is 0.187. The van der Waals surface area contributed by atoms with Crippen molar-refractivity contribution >= 4 is 5.95 Å². The second kappa shape index (κ2) is 3.10. The van der Waals surface area contributed by atoms with Crippen LogP contribution in [0.2, 0.25) is 0 Å². The van der Waals surface area contributed by atoms with Gasteiger partial charge in [0.15, 0.2) is 0 Å². The van der Waals surface area contributed by atoms with Crippen LogP contribution in [0.5, 0.6) is 0 Å². The molecule has 1 heterocycles. The van der Waals surface area contributed by atoms with Crippen LogP contribution in [0.1, 0.15) is 5.82 Å². The highest BCUT2D eigenvalue weighted by molar-refractivity contribution is 5.33. The van der Waals surface area contributed by atoms with Gasteiger partial charge in [0.1, 0.15) is 11.6 Å². The van der Waals surface area contributed by atoms with E-state index in [2.05, 4.69) is 10.1 Å². The molecule has 4 nitrogen and oxygen atoms in total. The van der Waals surface area contributed by atoms with Crippen molar-refractivity contribution in [1.82, 2.24) is 14.8 Å². The first-order valence-corrected chi connectivity index (χ1v) is 4.12. The first kappa shape index (κ1) is 8.68.